The monoisotopic (exact) mass is 386 g/mol. The van der Waals surface area contributed by atoms with Crippen LogP contribution < -0.4 is 20.1 Å². The number of carbonyl (C=O) groups excluding carboxylic acids is 2. The Morgan fingerprint density at radius 1 is 1.14 bits per heavy atom. The van der Waals surface area contributed by atoms with Crippen LogP contribution >= 0.6 is 0 Å². The number of nitrogens with one attached hydrogen (secondary N) is 2. The number of ether oxygens (including phenoxy) is 2. The van der Waals surface area contributed by atoms with Gasteiger partial charge in [-0.1, -0.05) is 0 Å². The fraction of sp³-hybridized carbons (Fsp3) is 0.450. The normalized spacial score (nSPS) is 13.0. The Balaban J connectivity index is 1.94. The Morgan fingerprint density at radius 2 is 1.93 bits per heavy atom. The molecule has 150 valence electrons. The van der Waals surface area contributed by atoms with E-state index in [4.69, 9.17) is 9.47 Å². The second-order valence-corrected chi connectivity index (χ2v) is 6.99. The minimum Gasteiger partial charge on any atom is -0.497 e. The molecule has 28 heavy (non-hydrogen) atoms. The maximum atomic E-state index is 13.0. The number of benzene rings is 1. The van der Waals surface area contributed by atoms with Gasteiger partial charge < -0.3 is 24.7 Å². The molecule has 0 saturated carbocycles. The number of carbonyl (C=O) groups is 2. The predicted octanol–water partition coefficient (Wildman–Crippen LogP) is 2.63. The van der Waals surface area contributed by atoms with Crippen LogP contribution in [0, 0.1) is 0 Å². The minimum absolute atomic E-state index is 0.0117. The van der Waals surface area contributed by atoms with Gasteiger partial charge in [-0.25, -0.2) is 4.98 Å². The van der Waals surface area contributed by atoms with E-state index in [2.05, 4.69) is 15.6 Å². The van der Waals surface area contributed by atoms with Gasteiger partial charge in [-0.05, 0) is 45.2 Å². The Bertz CT molecular complexity index is 889. The van der Waals surface area contributed by atoms with Crippen molar-refractivity contribution in [2.45, 2.75) is 45.7 Å². The van der Waals surface area contributed by atoms with Crippen LogP contribution in [0.25, 0.3) is 0 Å². The molecule has 0 aliphatic carbocycles. The van der Waals surface area contributed by atoms with E-state index in [1.54, 1.807) is 25.3 Å². The average Bonchev–Trinajstić information content (AvgIpc) is 3.07. The summed E-state index contributed by atoms with van der Waals surface area (Å²) < 4.78 is 12.4. The topological polar surface area (TPSA) is 94.5 Å². The molecule has 8 heteroatoms. The third-order valence-corrected chi connectivity index (χ3v) is 4.61. The molecule has 0 fully saturated rings. The van der Waals surface area contributed by atoms with Crippen LogP contribution in [0.1, 0.15) is 53.5 Å². The molecule has 0 saturated heterocycles. The molecular formula is C20H26N4O4. The van der Waals surface area contributed by atoms with E-state index in [1.807, 2.05) is 18.4 Å². The maximum Gasteiger partial charge on any atom is 0.287 e. The van der Waals surface area contributed by atoms with Gasteiger partial charge in [-0.15, -0.1) is 0 Å². The van der Waals surface area contributed by atoms with Crippen molar-refractivity contribution in [3.05, 3.63) is 35.4 Å². The number of nitrogens with zero attached hydrogens (tertiary/aromatic N) is 2. The SMILES string of the molecule is COc1ccc(OC)c(NC(=O)c2nc(C(=O)NC(C)C)n3c2CCCC3)c1. The fourth-order valence-corrected chi connectivity index (χ4v) is 3.32. The second-order valence-electron chi connectivity index (χ2n) is 6.99. The lowest BCUT2D eigenvalue weighted by atomic mass is 10.1. The van der Waals surface area contributed by atoms with E-state index in [9.17, 15) is 9.59 Å². The van der Waals surface area contributed by atoms with E-state index in [1.165, 1.54) is 7.11 Å². The number of amides is 2. The zero-order valence-corrected chi connectivity index (χ0v) is 16.7. The fourth-order valence-electron chi connectivity index (χ4n) is 3.32. The zero-order valence-electron chi connectivity index (χ0n) is 16.7. The molecule has 2 aromatic rings. The first-order chi connectivity index (χ1) is 13.4. The smallest absolute Gasteiger partial charge is 0.287 e. The molecule has 1 aromatic carbocycles. The average molecular weight is 386 g/mol. The summed E-state index contributed by atoms with van der Waals surface area (Å²) in [5, 5.41) is 5.70. The van der Waals surface area contributed by atoms with Crippen molar-refractivity contribution < 1.29 is 19.1 Å². The highest BCUT2D eigenvalue weighted by atomic mass is 16.5. The number of hydrogen-bond acceptors (Lipinski definition) is 5. The Morgan fingerprint density at radius 3 is 2.61 bits per heavy atom. The highest BCUT2D eigenvalue weighted by molar-refractivity contribution is 6.05. The summed E-state index contributed by atoms with van der Waals surface area (Å²) in [7, 11) is 3.09. The van der Waals surface area contributed by atoms with Crippen LogP contribution in [0.4, 0.5) is 5.69 Å². The van der Waals surface area contributed by atoms with Crippen molar-refractivity contribution >= 4 is 17.5 Å². The first-order valence-corrected chi connectivity index (χ1v) is 9.38. The quantitative estimate of drug-likeness (QED) is 0.796. The number of anilines is 1. The van der Waals surface area contributed by atoms with Crippen molar-refractivity contribution in [2.75, 3.05) is 19.5 Å². The van der Waals surface area contributed by atoms with Crippen molar-refractivity contribution in [3.8, 4) is 11.5 Å². The molecule has 2 heterocycles. The third kappa shape index (κ3) is 3.95. The number of rotatable bonds is 6. The number of imidazole rings is 1. The maximum absolute atomic E-state index is 13.0. The molecule has 3 rings (SSSR count). The molecule has 0 atom stereocenters. The number of aromatic nitrogens is 2. The Labute approximate surface area is 164 Å². The summed E-state index contributed by atoms with van der Waals surface area (Å²) >= 11 is 0. The van der Waals surface area contributed by atoms with E-state index in [0.29, 0.717) is 30.2 Å². The summed E-state index contributed by atoms with van der Waals surface area (Å²) in [4.78, 5) is 29.9. The highest BCUT2D eigenvalue weighted by Gasteiger charge is 2.28. The standard InChI is InChI=1S/C20H26N4O4/c1-12(2)21-20(26)18-23-17(15-7-5-6-10-24(15)18)19(25)22-14-11-13(27-3)8-9-16(14)28-4/h8-9,11-12H,5-7,10H2,1-4H3,(H,21,26)(H,22,25). The second kappa shape index (κ2) is 8.33. The number of fused-ring (bicyclic) bond motifs is 1. The lowest BCUT2D eigenvalue weighted by Crippen LogP contribution is -2.33. The van der Waals surface area contributed by atoms with Gasteiger partial charge in [0.2, 0.25) is 0 Å². The molecule has 0 bridgehead atoms. The summed E-state index contributed by atoms with van der Waals surface area (Å²) in [5.41, 5.74) is 1.55. The van der Waals surface area contributed by atoms with Gasteiger partial charge in [0.1, 0.15) is 11.5 Å². The molecule has 1 aliphatic heterocycles. The summed E-state index contributed by atoms with van der Waals surface area (Å²) in [6.45, 7) is 4.46. The lowest BCUT2D eigenvalue weighted by molar-refractivity contribution is 0.0927. The summed E-state index contributed by atoms with van der Waals surface area (Å²) in [6.07, 6.45) is 2.62. The molecule has 0 radical (unpaired) electrons. The zero-order chi connectivity index (χ0) is 20.3. The summed E-state index contributed by atoms with van der Waals surface area (Å²) in [5.74, 6) is 0.753. The van der Waals surface area contributed by atoms with Gasteiger partial charge in [-0.3, -0.25) is 9.59 Å². The van der Waals surface area contributed by atoms with Crippen molar-refractivity contribution in [2.24, 2.45) is 0 Å². The van der Waals surface area contributed by atoms with Crippen LogP contribution in [-0.2, 0) is 13.0 Å². The van der Waals surface area contributed by atoms with Gasteiger partial charge in [0.25, 0.3) is 11.8 Å². The van der Waals surface area contributed by atoms with E-state index in [0.717, 1.165) is 18.5 Å². The Kier molecular flexibility index (Phi) is 5.87. The summed E-state index contributed by atoms with van der Waals surface area (Å²) in [6, 6.07) is 5.15. The van der Waals surface area contributed by atoms with Crippen LogP contribution in [0.5, 0.6) is 11.5 Å². The van der Waals surface area contributed by atoms with Crippen LogP contribution in [0.15, 0.2) is 18.2 Å². The molecule has 1 aromatic heterocycles. The molecule has 2 amide bonds. The number of methoxy groups -OCH3 is 2. The molecule has 8 nitrogen and oxygen atoms in total. The van der Waals surface area contributed by atoms with E-state index >= 15 is 0 Å². The molecule has 1 aliphatic rings. The van der Waals surface area contributed by atoms with Crippen molar-refractivity contribution in [1.29, 1.82) is 0 Å². The predicted molar refractivity (Wildman–Crippen MR) is 105 cm³/mol. The Hall–Kier alpha value is -3.03. The van der Waals surface area contributed by atoms with Gasteiger partial charge in [0.15, 0.2) is 11.5 Å². The molecular weight excluding hydrogens is 360 g/mol. The number of hydrogen-bond donors (Lipinski definition) is 2. The van der Waals surface area contributed by atoms with Crippen LogP contribution in [0.2, 0.25) is 0 Å². The lowest BCUT2D eigenvalue weighted by Gasteiger charge is -2.17. The molecule has 0 spiro atoms. The first kappa shape index (κ1) is 19.7. The molecule has 2 N–H and O–H groups in total. The minimum atomic E-state index is -0.374. The van der Waals surface area contributed by atoms with Gasteiger partial charge >= 0.3 is 0 Å². The van der Waals surface area contributed by atoms with E-state index < -0.39 is 0 Å². The first-order valence-electron chi connectivity index (χ1n) is 9.38. The van der Waals surface area contributed by atoms with Gasteiger partial charge in [-0.2, -0.15) is 0 Å². The van der Waals surface area contributed by atoms with Crippen molar-refractivity contribution in [3.63, 3.8) is 0 Å². The molecule has 0 unspecified atom stereocenters. The third-order valence-electron chi connectivity index (χ3n) is 4.61. The largest absolute Gasteiger partial charge is 0.497 e. The van der Waals surface area contributed by atoms with Crippen LogP contribution in [0.3, 0.4) is 0 Å². The van der Waals surface area contributed by atoms with Crippen LogP contribution in [-0.4, -0.2) is 41.6 Å². The van der Waals surface area contributed by atoms with Crippen molar-refractivity contribution in [1.82, 2.24) is 14.9 Å². The van der Waals surface area contributed by atoms with Gasteiger partial charge in [0, 0.05) is 18.7 Å². The highest BCUT2D eigenvalue weighted by Crippen LogP contribution is 2.30. The van der Waals surface area contributed by atoms with E-state index in [-0.39, 0.29) is 29.4 Å². The van der Waals surface area contributed by atoms with Gasteiger partial charge in [0.05, 0.1) is 25.6 Å².